The molecule has 4 nitrogen and oxygen atoms in total. The highest BCUT2D eigenvalue weighted by atomic mass is 79.9. The molecule has 3 rings (SSSR count). The van der Waals surface area contributed by atoms with Crippen molar-refractivity contribution < 1.29 is 9.84 Å². The molecule has 5 heteroatoms. The summed E-state index contributed by atoms with van der Waals surface area (Å²) < 4.78 is 6.41. The molecule has 0 spiro atoms. The first-order chi connectivity index (χ1) is 11.7. The van der Waals surface area contributed by atoms with E-state index >= 15 is 0 Å². The molecule has 2 aliphatic rings. The maximum absolute atomic E-state index is 10.3. The van der Waals surface area contributed by atoms with Crippen LogP contribution >= 0.6 is 15.9 Å². The zero-order valence-corrected chi connectivity index (χ0v) is 16.1. The van der Waals surface area contributed by atoms with E-state index in [1.54, 1.807) is 0 Å². The van der Waals surface area contributed by atoms with Crippen LogP contribution < -0.4 is 10.1 Å². The van der Waals surface area contributed by atoms with Gasteiger partial charge in [0.25, 0.3) is 0 Å². The number of phenolic OH excluding ortho intramolecular Hbond substituents is 1. The summed E-state index contributed by atoms with van der Waals surface area (Å²) in [6.45, 7) is 6.80. The van der Waals surface area contributed by atoms with Crippen LogP contribution in [-0.2, 0) is 0 Å². The number of nitrogens with one attached hydrogen (secondary N) is 1. The van der Waals surface area contributed by atoms with E-state index in [4.69, 9.17) is 4.74 Å². The molecular formula is C19H29BrN2O2. The highest BCUT2D eigenvalue weighted by Crippen LogP contribution is 2.43. The third-order valence-electron chi connectivity index (χ3n) is 5.33. The number of hydrogen-bond acceptors (Lipinski definition) is 4. The van der Waals surface area contributed by atoms with E-state index in [1.165, 1.54) is 37.7 Å². The zero-order valence-electron chi connectivity index (χ0n) is 14.6. The van der Waals surface area contributed by atoms with Crippen LogP contribution in [-0.4, -0.2) is 42.8 Å². The topological polar surface area (TPSA) is 44.7 Å². The van der Waals surface area contributed by atoms with Crippen LogP contribution in [0.2, 0.25) is 0 Å². The van der Waals surface area contributed by atoms with Gasteiger partial charge >= 0.3 is 0 Å². The van der Waals surface area contributed by atoms with Gasteiger partial charge in [0.2, 0.25) is 0 Å². The number of aromatic hydroxyl groups is 1. The lowest BCUT2D eigenvalue weighted by molar-refractivity contribution is 0.103. The molecule has 1 aromatic rings. The smallest absolute Gasteiger partial charge is 0.172 e. The van der Waals surface area contributed by atoms with E-state index in [9.17, 15) is 5.11 Å². The van der Waals surface area contributed by atoms with Crippen molar-refractivity contribution in [1.29, 1.82) is 0 Å². The van der Waals surface area contributed by atoms with Crippen molar-refractivity contribution in [1.82, 2.24) is 10.2 Å². The highest BCUT2D eigenvalue weighted by Gasteiger charge is 2.32. The van der Waals surface area contributed by atoms with Crippen molar-refractivity contribution >= 4 is 15.9 Å². The monoisotopic (exact) mass is 396 g/mol. The van der Waals surface area contributed by atoms with Crippen LogP contribution in [0.1, 0.15) is 50.6 Å². The van der Waals surface area contributed by atoms with Crippen molar-refractivity contribution in [3.63, 3.8) is 0 Å². The predicted octanol–water partition coefficient (Wildman–Crippen LogP) is 4.08. The normalized spacial score (nSPS) is 21.6. The van der Waals surface area contributed by atoms with Gasteiger partial charge in [0, 0.05) is 32.2 Å². The first kappa shape index (κ1) is 18.0. The van der Waals surface area contributed by atoms with Crippen LogP contribution in [0.5, 0.6) is 11.5 Å². The SMILES string of the molecule is CCOc1cc([C@H](C2CCCCC2)N2CCNCC2)cc(Br)c1O. The molecule has 1 heterocycles. The molecule has 1 atom stereocenters. The van der Waals surface area contributed by atoms with Gasteiger partial charge < -0.3 is 15.2 Å². The summed E-state index contributed by atoms with van der Waals surface area (Å²) in [6.07, 6.45) is 6.65. The summed E-state index contributed by atoms with van der Waals surface area (Å²) in [6, 6.07) is 4.58. The Morgan fingerprint density at radius 2 is 1.96 bits per heavy atom. The molecule has 0 radical (unpaired) electrons. The number of ether oxygens (including phenoxy) is 1. The lowest BCUT2D eigenvalue weighted by Gasteiger charge is -2.41. The molecule has 0 unspecified atom stereocenters. The largest absolute Gasteiger partial charge is 0.503 e. The van der Waals surface area contributed by atoms with E-state index in [0.29, 0.717) is 24.3 Å². The first-order valence-corrected chi connectivity index (χ1v) is 10.1. The van der Waals surface area contributed by atoms with E-state index in [0.717, 1.165) is 30.7 Å². The molecule has 0 bridgehead atoms. The quantitative estimate of drug-likeness (QED) is 0.786. The van der Waals surface area contributed by atoms with Crippen molar-refractivity contribution in [2.45, 2.75) is 45.1 Å². The fraction of sp³-hybridized carbons (Fsp3) is 0.684. The minimum absolute atomic E-state index is 0.211. The van der Waals surface area contributed by atoms with Gasteiger partial charge in [0.15, 0.2) is 11.5 Å². The van der Waals surface area contributed by atoms with Crippen molar-refractivity contribution in [3.05, 3.63) is 22.2 Å². The molecule has 2 N–H and O–H groups in total. The Bertz CT molecular complexity index is 522. The van der Waals surface area contributed by atoms with E-state index in [-0.39, 0.29) is 5.75 Å². The van der Waals surface area contributed by atoms with Crippen LogP contribution in [0.3, 0.4) is 0 Å². The third kappa shape index (κ3) is 4.06. The molecule has 24 heavy (non-hydrogen) atoms. The number of benzene rings is 1. The summed E-state index contributed by atoms with van der Waals surface area (Å²) in [7, 11) is 0. The van der Waals surface area contributed by atoms with E-state index in [1.807, 2.05) is 6.92 Å². The van der Waals surface area contributed by atoms with Crippen LogP contribution in [0.4, 0.5) is 0 Å². The molecule has 1 saturated heterocycles. The van der Waals surface area contributed by atoms with Gasteiger partial charge in [-0.2, -0.15) is 0 Å². The van der Waals surface area contributed by atoms with Crippen LogP contribution in [0, 0.1) is 5.92 Å². The maximum Gasteiger partial charge on any atom is 0.172 e. The average molecular weight is 397 g/mol. The van der Waals surface area contributed by atoms with E-state index < -0.39 is 0 Å². The number of hydrogen-bond donors (Lipinski definition) is 2. The molecule has 134 valence electrons. The van der Waals surface area contributed by atoms with Crippen molar-refractivity contribution in [3.8, 4) is 11.5 Å². The number of nitrogens with zero attached hydrogens (tertiary/aromatic N) is 1. The Balaban J connectivity index is 1.94. The Morgan fingerprint density at radius 3 is 2.62 bits per heavy atom. The second-order valence-corrected chi connectivity index (χ2v) is 7.77. The average Bonchev–Trinajstić information content (AvgIpc) is 2.61. The maximum atomic E-state index is 10.3. The molecular weight excluding hydrogens is 368 g/mol. The van der Waals surface area contributed by atoms with Gasteiger partial charge in [-0.05, 0) is 59.3 Å². The highest BCUT2D eigenvalue weighted by molar-refractivity contribution is 9.10. The number of phenols is 1. The van der Waals surface area contributed by atoms with Crippen molar-refractivity contribution in [2.75, 3.05) is 32.8 Å². The molecule has 1 aliphatic heterocycles. The van der Waals surface area contributed by atoms with Gasteiger partial charge in [0.05, 0.1) is 11.1 Å². The second-order valence-electron chi connectivity index (χ2n) is 6.91. The minimum Gasteiger partial charge on any atom is -0.503 e. The lowest BCUT2D eigenvalue weighted by atomic mass is 9.80. The number of piperazine rings is 1. The standard InChI is InChI=1S/C19H29BrN2O2/c1-2-24-17-13-15(12-16(20)19(17)23)18(14-6-4-3-5-7-14)22-10-8-21-9-11-22/h12-14,18,21,23H,2-11H2,1H3/t18-/m0/s1. The van der Waals surface area contributed by atoms with Crippen molar-refractivity contribution in [2.24, 2.45) is 5.92 Å². The molecule has 1 aliphatic carbocycles. The summed E-state index contributed by atoms with van der Waals surface area (Å²) in [4.78, 5) is 2.63. The van der Waals surface area contributed by atoms with Crippen LogP contribution in [0.25, 0.3) is 0 Å². The van der Waals surface area contributed by atoms with Gasteiger partial charge in [-0.1, -0.05) is 19.3 Å². The Morgan fingerprint density at radius 1 is 1.25 bits per heavy atom. The summed E-state index contributed by atoms with van der Waals surface area (Å²) >= 11 is 3.52. The third-order valence-corrected chi connectivity index (χ3v) is 5.94. The van der Waals surface area contributed by atoms with E-state index in [2.05, 4.69) is 38.3 Å². The minimum atomic E-state index is 0.211. The molecule has 0 aromatic heterocycles. The second kappa shape index (κ2) is 8.54. The number of halogens is 1. The Kier molecular flexibility index (Phi) is 6.42. The van der Waals surface area contributed by atoms with Gasteiger partial charge in [-0.3, -0.25) is 4.90 Å². The molecule has 2 fully saturated rings. The molecule has 1 aromatic carbocycles. The summed E-state index contributed by atoms with van der Waals surface area (Å²) in [5, 5.41) is 13.7. The Hall–Kier alpha value is -0.780. The summed E-state index contributed by atoms with van der Waals surface area (Å²) in [5.74, 6) is 1.50. The first-order valence-electron chi connectivity index (χ1n) is 9.30. The molecule has 1 saturated carbocycles. The predicted molar refractivity (Wildman–Crippen MR) is 101 cm³/mol. The number of rotatable bonds is 5. The zero-order chi connectivity index (χ0) is 16.9. The van der Waals surface area contributed by atoms with Gasteiger partial charge in [0.1, 0.15) is 0 Å². The lowest BCUT2D eigenvalue weighted by Crippen LogP contribution is -2.47. The summed E-state index contributed by atoms with van der Waals surface area (Å²) in [5.41, 5.74) is 1.27. The fourth-order valence-corrected chi connectivity index (χ4v) is 4.68. The van der Waals surface area contributed by atoms with Gasteiger partial charge in [-0.15, -0.1) is 0 Å². The van der Waals surface area contributed by atoms with Gasteiger partial charge in [-0.25, -0.2) is 0 Å². The molecule has 0 amide bonds. The Labute approximate surface area is 153 Å². The fourth-order valence-electron chi connectivity index (χ4n) is 4.22. The van der Waals surface area contributed by atoms with Crippen LogP contribution in [0.15, 0.2) is 16.6 Å².